The zero-order valence-electron chi connectivity index (χ0n) is 12.1. The van der Waals surface area contributed by atoms with E-state index in [0.29, 0.717) is 0 Å². The molecule has 0 aliphatic rings. The molecule has 0 atom stereocenters. The van der Waals surface area contributed by atoms with Crippen LogP contribution in [0, 0.1) is 0 Å². The van der Waals surface area contributed by atoms with Crippen molar-refractivity contribution >= 4 is 10.9 Å². The second-order valence-corrected chi connectivity index (χ2v) is 6.86. The van der Waals surface area contributed by atoms with Gasteiger partial charge in [0.25, 0.3) is 0 Å². The molecule has 0 saturated carbocycles. The monoisotopic (exact) mass is 243 g/mol. The molecule has 0 N–H and O–H groups in total. The molecule has 2 aromatic rings. The van der Waals surface area contributed by atoms with Crippen molar-refractivity contribution in [1.29, 1.82) is 0 Å². The third kappa shape index (κ3) is 2.50. The van der Waals surface area contributed by atoms with E-state index in [0.717, 1.165) is 22.3 Å². The van der Waals surface area contributed by atoms with E-state index >= 15 is 0 Å². The Balaban J connectivity index is 2.61. The molecule has 0 fully saturated rings. The first-order chi connectivity index (χ1) is 8.18. The van der Waals surface area contributed by atoms with Gasteiger partial charge in [-0.3, -0.25) is 4.98 Å². The van der Waals surface area contributed by atoms with E-state index < -0.39 is 0 Å². The lowest BCUT2D eigenvalue weighted by Gasteiger charge is -2.19. The number of pyridine rings is 1. The Kier molecular flexibility index (Phi) is 2.88. The smallest absolute Gasteiger partial charge is 0.111 e. The second kappa shape index (κ2) is 4.01. The van der Waals surface area contributed by atoms with E-state index in [1.54, 1.807) is 0 Å². The van der Waals surface area contributed by atoms with Gasteiger partial charge in [0.15, 0.2) is 0 Å². The van der Waals surface area contributed by atoms with Gasteiger partial charge >= 0.3 is 0 Å². The summed E-state index contributed by atoms with van der Waals surface area (Å²) in [6.45, 7) is 12.9. The van der Waals surface area contributed by atoms with Gasteiger partial charge in [0.1, 0.15) is 5.52 Å². The summed E-state index contributed by atoms with van der Waals surface area (Å²) >= 11 is 0. The number of hydrogen-bond donors (Lipinski definition) is 0. The molecule has 0 spiro atoms. The molecule has 0 aromatic carbocycles. The van der Waals surface area contributed by atoms with Crippen LogP contribution in [0.2, 0.25) is 0 Å². The predicted molar refractivity (Wildman–Crippen MR) is 74.7 cm³/mol. The Bertz CT molecular complexity index is 526. The largest absolute Gasteiger partial charge is 0.258 e. The lowest BCUT2D eigenvalue weighted by atomic mass is 9.89. The molecule has 0 unspecified atom stereocenters. The van der Waals surface area contributed by atoms with Crippen LogP contribution in [0.25, 0.3) is 10.9 Å². The number of aromatic nitrogens is 3. The molecule has 3 heteroatoms. The normalized spacial score (nSPS) is 13.0. The molecule has 0 aliphatic heterocycles. The average Bonchev–Trinajstić information content (AvgIpc) is 2.25. The number of fused-ring (bicyclic) bond motifs is 1. The predicted octanol–water partition coefficient (Wildman–Crippen LogP) is 3.62. The van der Waals surface area contributed by atoms with Crippen molar-refractivity contribution < 1.29 is 0 Å². The summed E-state index contributed by atoms with van der Waals surface area (Å²) in [7, 11) is 0. The third-order valence-electron chi connectivity index (χ3n) is 3.01. The van der Waals surface area contributed by atoms with Crippen LogP contribution >= 0.6 is 0 Å². The Hall–Kier alpha value is -1.51. The summed E-state index contributed by atoms with van der Waals surface area (Å²) in [6, 6.07) is 4.25. The second-order valence-electron chi connectivity index (χ2n) is 6.86. The van der Waals surface area contributed by atoms with Gasteiger partial charge < -0.3 is 0 Å². The summed E-state index contributed by atoms with van der Waals surface area (Å²) in [4.78, 5) is 4.47. The van der Waals surface area contributed by atoms with Crippen LogP contribution in [0.5, 0.6) is 0 Å². The molecule has 0 saturated heterocycles. The summed E-state index contributed by atoms with van der Waals surface area (Å²) in [5.41, 5.74) is 3.03. The van der Waals surface area contributed by atoms with Gasteiger partial charge in [-0.2, -0.15) is 5.10 Å². The van der Waals surface area contributed by atoms with Crippen LogP contribution in [0.15, 0.2) is 18.3 Å². The Labute approximate surface area is 109 Å². The average molecular weight is 243 g/mol. The van der Waals surface area contributed by atoms with Gasteiger partial charge in [-0.05, 0) is 12.1 Å². The van der Waals surface area contributed by atoms with Gasteiger partial charge in [0.2, 0.25) is 0 Å². The lowest BCUT2D eigenvalue weighted by molar-refractivity contribution is 0.559. The van der Waals surface area contributed by atoms with Crippen LogP contribution in [0.4, 0.5) is 0 Å². The van der Waals surface area contributed by atoms with Gasteiger partial charge in [-0.25, -0.2) is 0 Å². The molecule has 0 radical (unpaired) electrons. The number of hydrogen-bond acceptors (Lipinski definition) is 3. The lowest BCUT2D eigenvalue weighted by Crippen LogP contribution is -2.15. The fraction of sp³-hybridized carbons (Fsp3) is 0.533. The van der Waals surface area contributed by atoms with Crippen molar-refractivity contribution in [3.05, 3.63) is 29.7 Å². The topological polar surface area (TPSA) is 38.7 Å². The van der Waals surface area contributed by atoms with Crippen LogP contribution < -0.4 is 0 Å². The molecule has 2 aromatic heterocycles. The van der Waals surface area contributed by atoms with Crippen LogP contribution in [-0.4, -0.2) is 15.2 Å². The van der Waals surface area contributed by atoms with E-state index in [9.17, 15) is 0 Å². The SMILES string of the molecule is CC(C)(C)c1cc2cc(C(C)(C)C)nnc2cn1. The van der Waals surface area contributed by atoms with Gasteiger partial charge in [-0.15, -0.1) is 5.10 Å². The maximum absolute atomic E-state index is 4.47. The molecule has 0 amide bonds. The molecule has 18 heavy (non-hydrogen) atoms. The highest BCUT2D eigenvalue weighted by Gasteiger charge is 2.19. The Morgan fingerprint density at radius 3 is 1.89 bits per heavy atom. The maximum Gasteiger partial charge on any atom is 0.111 e. The Morgan fingerprint density at radius 1 is 0.778 bits per heavy atom. The summed E-state index contributed by atoms with van der Waals surface area (Å²) in [5, 5.41) is 9.66. The maximum atomic E-state index is 4.47. The summed E-state index contributed by atoms with van der Waals surface area (Å²) in [6.07, 6.45) is 1.81. The quantitative estimate of drug-likeness (QED) is 0.709. The molecule has 0 bridgehead atoms. The minimum absolute atomic E-state index is 0.0202. The molecule has 96 valence electrons. The molecular weight excluding hydrogens is 222 g/mol. The van der Waals surface area contributed by atoms with E-state index in [-0.39, 0.29) is 10.8 Å². The molecule has 0 aliphatic carbocycles. The minimum Gasteiger partial charge on any atom is -0.258 e. The van der Waals surface area contributed by atoms with Crippen molar-refractivity contribution in [3.63, 3.8) is 0 Å². The first kappa shape index (κ1) is 12.9. The number of nitrogens with zero attached hydrogens (tertiary/aromatic N) is 3. The van der Waals surface area contributed by atoms with Crippen LogP contribution in [0.3, 0.4) is 0 Å². The highest BCUT2D eigenvalue weighted by atomic mass is 15.1. The van der Waals surface area contributed by atoms with Crippen molar-refractivity contribution in [2.45, 2.75) is 52.4 Å². The van der Waals surface area contributed by atoms with Crippen molar-refractivity contribution in [2.24, 2.45) is 0 Å². The van der Waals surface area contributed by atoms with Crippen molar-refractivity contribution in [2.75, 3.05) is 0 Å². The fourth-order valence-corrected chi connectivity index (χ4v) is 1.72. The van der Waals surface area contributed by atoms with Crippen molar-refractivity contribution in [1.82, 2.24) is 15.2 Å². The van der Waals surface area contributed by atoms with Crippen LogP contribution in [-0.2, 0) is 10.8 Å². The molecular formula is C15H21N3. The van der Waals surface area contributed by atoms with E-state index in [1.807, 2.05) is 6.20 Å². The minimum atomic E-state index is 0.0202. The van der Waals surface area contributed by atoms with E-state index in [4.69, 9.17) is 0 Å². The van der Waals surface area contributed by atoms with Gasteiger partial charge in [0, 0.05) is 21.9 Å². The first-order valence-electron chi connectivity index (χ1n) is 6.32. The molecule has 3 nitrogen and oxygen atoms in total. The number of rotatable bonds is 0. The highest BCUT2D eigenvalue weighted by molar-refractivity contribution is 5.78. The standard InChI is InChI=1S/C15H21N3/c1-14(2,3)12-7-10-8-13(15(4,5)6)18-17-11(10)9-16-12/h7-9H,1-6H3. The van der Waals surface area contributed by atoms with Gasteiger partial charge in [0.05, 0.1) is 11.9 Å². The molecule has 2 heterocycles. The summed E-state index contributed by atoms with van der Waals surface area (Å²) in [5.74, 6) is 0. The van der Waals surface area contributed by atoms with Crippen molar-refractivity contribution in [3.8, 4) is 0 Å². The fourth-order valence-electron chi connectivity index (χ4n) is 1.72. The zero-order chi connectivity index (χ0) is 13.6. The Morgan fingerprint density at radius 2 is 1.33 bits per heavy atom. The summed E-state index contributed by atoms with van der Waals surface area (Å²) < 4.78 is 0. The van der Waals surface area contributed by atoms with Crippen LogP contribution in [0.1, 0.15) is 52.9 Å². The highest BCUT2D eigenvalue weighted by Crippen LogP contribution is 2.25. The van der Waals surface area contributed by atoms with E-state index in [1.165, 1.54) is 0 Å². The van der Waals surface area contributed by atoms with E-state index in [2.05, 4.69) is 68.9 Å². The zero-order valence-corrected chi connectivity index (χ0v) is 12.1. The third-order valence-corrected chi connectivity index (χ3v) is 3.01. The molecule has 2 rings (SSSR count). The first-order valence-corrected chi connectivity index (χ1v) is 6.32. The van der Waals surface area contributed by atoms with Gasteiger partial charge in [-0.1, -0.05) is 41.5 Å².